The minimum atomic E-state index is -0.222. The molecule has 0 bridgehead atoms. The van der Waals surface area contributed by atoms with Crippen LogP contribution in [-0.4, -0.2) is 34.6 Å². The fourth-order valence-corrected chi connectivity index (χ4v) is 3.91. The van der Waals surface area contributed by atoms with Gasteiger partial charge in [0.05, 0.1) is 32.0 Å². The lowest BCUT2D eigenvalue weighted by Crippen LogP contribution is -2.15. The van der Waals surface area contributed by atoms with Gasteiger partial charge in [0.1, 0.15) is 17.2 Å². The first-order valence-electron chi connectivity index (χ1n) is 8.84. The zero-order valence-electron chi connectivity index (χ0n) is 15.9. The molecule has 1 amide bonds. The third-order valence-corrected chi connectivity index (χ3v) is 5.37. The van der Waals surface area contributed by atoms with Gasteiger partial charge in [-0.25, -0.2) is 4.98 Å². The van der Waals surface area contributed by atoms with Crippen LogP contribution >= 0.6 is 11.3 Å². The Bertz CT molecular complexity index is 1180. The highest BCUT2D eigenvalue weighted by Crippen LogP contribution is 2.34. The van der Waals surface area contributed by atoms with Crippen molar-refractivity contribution in [1.29, 1.82) is 0 Å². The van der Waals surface area contributed by atoms with Gasteiger partial charge in [0.25, 0.3) is 0 Å². The Hall–Kier alpha value is -3.52. The molecule has 2 aromatic carbocycles. The molecule has 148 valence electrons. The third kappa shape index (κ3) is 3.74. The Morgan fingerprint density at radius 1 is 1.21 bits per heavy atom. The van der Waals surface area contributed by atoms with Gasteiger partial charge in [-0.3, -0.25) is 9.20 Å². The number of fused-ring (bicyclic) bond motifs is 1. The molecule has 0 unspecified atom stereocenters. The van der Waals surface area contributed by atoms with E-state index in [2.05, 4.69) is 10.3 Å². The van der Waals surface area contributed by atoms with Crippen molar-refractivity contribution >= 4 is 27.9 Å². The highest BCUT2D eigenvalue weighted by atomic mass is 32.1. The van der Waals surface area contributed by atoms with Crippen LogP contribution in [0.4, 0.5) is 5.69 Å². The minimum Gasteiger partial charge on any atom is -0.506 e. The highest BCUT2D eigenvalue weighted by Gasteiger charge is 2.16. The van der Waals surface area contributed by atoms with E-state index in [1.807, 2.05) is 34.2 Å². The van der Waals surface area contributed by atoms with Crippen molar-refractivity contribution in [3.05, 3.63) is 59.7 Å². The second-order valence-electron chi connectivity index (χ2n) is 6.31. The van der Waals surface area contributed by atoms with Crippen molar-refractivity contribution in [2.24, 2.45) is 0 Å². The number of phenolic OH excluding ortho intramolecular Hbond substituents is 1. The Balaban J connectivity index is 1.61. The molecule has 0 saturated carbocycles. The summed E-state index contributed by atoms with van der Waals surface area (Å²) in [6.45, 7) is 0. The molecule has 8 heteroatoms. The number of phenols is 1. The van der Waals surface area contributed by atoms with E-state index < -0.39 is 0 Å². The van der Waals surface area contributed by atoms with E-state index in [9.17, 15) is 9.90 Å². The molecule has 2 N–H and O–H groups in total. The first kappa shape index (κ1) is 18.8. The Morgan fingerprint density at radius 3 is 2.79 bits per heavy atom. The average molecular weight is 409 g/mol. The molecule has 0 spiro atoms. The van der Waals surface area contributed by atoms with E-state index >= 15 is 0 Å². The maximum Gasteiger partial charge on any atom is 0.230 e. The Morgan fingerprint density at radius 2 is 2.03 bits per heavy atom. The summed E-state index contributed by atoms with van der Waals surface area (Å²) in [6, 6.07) is 12.2. The molecule has 0 aliphatic rings. The summed E-state index contributed by atoms with van der Waals surface area (Å²) < 4.78 is 12.7. The molecule has 0 aliphatic carbocycles. The van der Waals surface area contributed by atoms with Gasteiger partial charge in [-0.1, -0.05) is 12.1 Å². The van der Waals surface area contributed by atoms with Gasteiger partial charge in [-0.2, -0.15) is 0 Å². The van der Waals surface area contributed by atoms with Gasteiger partial charge in [-0.05, 0) is 30.3 Å². The second kappa shape index (κ2) is 7.84. The number of nitrogens with one attached hydrogen (secondary N) is 1. The van der Waals surface area contributed by atoms with Crippen molar-refractivity contribution < 1.29 is 19.4 Å². The van der Waals surface area contributed by atoms with Crippen molar-refractivity contribution in [2.45, 2.75) is 6.42 Å². The summed E-state index contributed by atoms with van der Waals surface area (Å²) in [5.74, 6) is 1.21. The number of benzene rings is 2. The van der Waals surface area contributed by atoms with Crippen molar-refractivity contribution in [2.75, 3.05) is 19.5 Å². The summed E-state index contributed by atoms with van der Waals surface area (Å²) in [5.41, 5.74) is 2.73. The maximum absolute atomic E-state index is 12.4. The normalized spacial score (nSPS) is 10.8. The zero-order valence-corrected chi connectivity index (χ0v) is 16.7. The molecule has 0 fully saturated rings. The van der Waals surface area contributed by atoms with Crippen LogP contribution in [0.25, 0.3) is 16.2 Å². The van der Waals surface area contributed by atoms with Crippen LogP contribution in [0.1, 0.15) is 5.69 Å². The number of anilines is 1. The van der Waals surface area contributed by atoms with Crippen LogP contribution in [0.2, 0.25) is 0 Å². The lowest BCUT2D eigenvalue weighted by Gasteiger charge is -2.08. The number of methoxy groups -OCH3 is 2. The van der Waals surface area contributed by atoms with Crippen LogP contribution in [0.15, 0.2) is 54.0 Å². The Kier molecular flexibility index (Phi) is 5.09. The summed E-state index contributed by atoms with van der Waals surface area (Å²) in [6.07, 6.45) is 2.03. The number of hydrogen-bond donors (Lipinski definition) is 2. The van der Waals surface area contributed by atoms with E-state index in [0.29, 0.717) is 17.2 Å². The lowest BCUT2D eigenvalue weighted by molar-refractivity contribution is -0.115. The number of thiazole rings is 1. The molecular weight excluding hydrogens is 390 g/mol. The number of para-hydroxylation sites is 2. The SMILES string of the molecule is COc1ccc(OC)c(-c2cn3c(CC(=O)Nc4ccccc4O)csc3n2)c1. The van der Waals surface area contributed by atoms with Gasteiger partial charge < -0.3 is 19.9 Å². The fourth-order valence-electron chi connectivity index (χ4n) is 3.04. The predicted molar refractivity (Wildman–Crippen MR) is 112 cm³/mol. The van der Waals surface area contributed by atoms with Crippen molar-refractivity contribution in [1.82, 2.24) is 9.38 Å². The smallest absolute Gasteiger partial charge is 0.230 e. The molecule has 29 heavy (non-hydrogen) atoms. The third-order valence-electron chi connectivity index (χ3n) is 4.49. The average Bonchev–Trinajstić information content (AvgIpc) is 3.31. The molecule has 0 aliphatic heterocycles. The number of hydrogen-bond acceptors (Lipinski definition) is 6. The molecule has 0 atom stereocenters. The van der Waals surface area contributed by atoms with Gasteiger partial charge in [0, 0.05) is 22.8 Å². The first-order chi connectivity index (χ1) is 14.1. The number of aromatic hydroxyl groups is 1. The molecule has 2 heterocycles. The monoisotopic (exact) mass is 409 g/mol. The summed E-state index contributed by atoms with van der Waals surface area (Å²) in [4.78, 5) is 17.9. The highest BCUT2D eigenvalue weighted by molar-refractivity contribution is 7.15. The summed E-state index contributed by atoms with van der Waals surface area (Å²) >= 11 is 1.45. The molecule has 7 nitrogen and oxygen atoms in total. The van der Waals surface area contributed by atoms with Crippen molar-refractivity contribution in [3.8, 4) is 28.5 Å². The number of carbonyl (C=O) groups excluding carboxylic acids is 1. The second-order valence-corrected chi connectivity index (χ2v) is 7.15. The van der Waals surface area contributed by atoms with E-state index in [1.54, 1.807) is 32.4 Å². The fraction of sp³-hybridized carbons (Fsp3) is 0.143. The van der Waals surface area contributed by atoms with Crippen LogP contribution in [-0.2, 0) is 11.2 Å². The van der Waals surface area contributed by atoms with E-state index in [-0.39, 0.29) is 18.1 Å². The van der Waals surface area contributed by atoms with Gasteiger partial charge in [0.2, 0.25) is 5.91 Å². The molecule has 4 aromatic rings. The quantitative estimate of drug-likeness (QED) is 0.471. The van der Waals surface area contributed by atoms with Crippen LogP contribution in [0.3, 0.4) is 0 Å². The largest absolute Gasteiger partial charge is 0.506 e. The number of rotatable bonds is 6. The van der Waals surface area contributed by atoms with Gasteiger partial charge in [-0.15, -0.1) is 11.3 Å². The van der Waals surface area contributed by atoms with Crippen LogP contribution < -0.4 is 14.8 Å². The lowest BCUT2D eigenvalue weighted by atomic mass is 10.1. The standard InChI is InChI=1S/C21H19N3O4S/c1-27-14-7-8-19(28-2)15(10-14)17-11-24-13(12-29-21(24)23-17)9-20(26)22-16-5-3-4-6-18(16)25/h3-8,10-12,25H,9H2,1-2H3,(H,22,26). The summed E-state index contributed by atoms with van der Waals surface area (Å²) in [7, 11) is 3.22. The number of nitrogens with zero attached hydrogens (tertiary/aromatic N) is 2. The number of ether oxygens (including phenoxy) is 2. The molecule has 0 saturated heterocycles. The van der Waals surface area contributed by atoms with Crippen LogP contribution in [0, 0.1) is 0 Å². The van der Waals surface area contributed by atoms with Crippen LogP contribution in [0.5, 0.6) is 17.2 Å². The van der Waals surface area contributed by atoms with E-state index in [0.717, 1.165) is 21.9 Å². The molecule has 0 radical (unpaired) electrons. The van der Waals surface area contributed by atoms with E-state index in [4.69, 9.17) is 9.47 Å². The maximum atomic E-state index is 12.4. The molecule has 4 rings (SSSR count). The molecular formula is C21H19N3O4S. The number of aromatic nitrogens is 2. The first-order valence-corrected chi connectivity index (χ1v) is 9.72. The minimum absolute atomic E-state index is 0.0337. The molecule has 2 aromatic heterocycles. The topological polar surface area (TPSA) is 85.1 Å². The van der Waals surface area contributed by atoms with E-state index in [1.165, 1.54) is 17.4 Å². The number of carbonyl (C=O) groups is 1. The number of imidazole rings is 1. The predicted octanol–water partition coefficient (Wildman–Crippen LogP) is 3.97. The van der Waals surface area contributed by atoms with Gasteiger partial charge >= 0.3 is 0 Å². The zero-order chi connectivity index (χ0) is 20.4. The Labute approximate surface area is 171 Å². The summed E-state index contributed by atoms with van der Waals surface area (Å²) in [5, 5.41) is 14.5. The van der Waals surface area contributed by atoms with Crippen molar-refractivity contribution in [3.63, 3.8) is 0 Å². The van der Waals surface area contributed by atoms with Gasteiger partial charge in [0.15, 0.2) is 4.96 Å². The number of amides is 1.